The van der Waals surface area contributed by atoms with E-state index in [-0.39, 0.29) is 11.5 Å². The minimum absolute atomic E-state index is 0.0210. The second-order valence-electron chi connectivity index (χ2n) is 9.07. The molecule has 0 radical (unpaired) electrons. The van der Waals surface area contributed by atoms with Crippen molar-refractivity contribution in [3.8, 4) is 11.5 Å². The molecule has 38 heavy (non-hydrogen) atoms. The summed E-state index contributed by atoms with van der Waals surface area (Å²) in [7, 11) is 0. The van der Waals surface area contributed by atoms with Gasteiger partial charge in [-0.1, -0.05) is 23.6 Å². The summed E-state index contributed by atoms with van der Waals surface area (Å²) in [5.41, 5.74) is 3.22. The molecule has 210 valence electrons. The molecule has 0 aliphatic heterocycles. The number of benzene rings is 2. The van der Waals surface area contributed by atoms with Gasteiger partial charge in [0.1, 0.15) is 0 Å². The van der Waals surface area contributed by atoms with Crippen LogP contribution in [0.15, 0.2) is 46.4 Å². The van der Waals surface area contributed by atoms with Crippen molar-refractivity contribution in [2.24, 2.45) is 9.98 Å². The zero-order valence-electron chi connectivity index (χ0n) is 23.7. The SMILES string of the molecule is CCN(CC)c1ccc(C=NCCCNCCNCCCN=Cc2ccc(N(CC)CC)cc2[O-])c([O-])c1. The van der Waals surface area contributed by atoms with Gasteiger partial charge in [-0.25, -0.2) is 0 Å². The highest BCUT2D eigenvalue weighted by molar-refractivity contribution is 5.84. The van der Waals surface area contributed by atoms with E-state index in [1.807, 2.05) is 24.3 Å². The van der Waals surface area contributed by atoms with Crippen LogP contribution in [0, 0.1) is 0 Å². The molecule has 2 aromatic carbocycles. The van der Waals surface area contributed by atoms with Crippen LogP contribution >= 0.6 is 0 Å². The normalized spacial score (nSPS) is 11.6. The summed E-state index contributed by atoms with van der Waals surface area (Å²) in [6, 6.07) is 11.1. The lowest BCUT2D eigenvalue weighted by molar-refractivity contribution is -0.269. The lowest BCUT2D eigenvalue weighted by Crippen LogP contribution is -2.29. The number of nitrogens with one attached hydrogen (secondary N) is 2. The van der Waals surface area contributed by atoms with E-state index in [2.05, 4.69) is 58.1 Å². The molecule has 0 heterocycles. The van der Waals surface area contributed by atoms with Crippen LogP contribution in [0.25, 0.3) is 0 Å². The van der Waals surface area contributed by atoms with Crippen molar-refractivity contribution < 1.29 is 10.2 Å². The van der Waals surface area contributed by atoms with E-state index in [4.69, 9.17) is 0 Å². The molecule has 2 aromatic rings. The number of rotatable bonds is 19. The van der Waals surface area contributed by atoms with E-state index in [0.717, 1.165) is 76.6 Å². The first-order valence-corrected chi connectivity index (χ1v) is 14.1. The topological polar surface area (TPSA) is 101 Å². The largest absolute Gasteiger partial charge is 0.872 e. The Hall–Kier alpha value is -3.10. The molecule has 0 fully saturated rings. The van der Waals surface area contributed by atoms with Crippen LogP contribution in [0.1, 0.15) is 51.7 Å². The van der Waals surface area contributed by atoms with Gasteiger partial charge in [0, 0.05) is 76.2 Å². The Balaban J connectivity index is 1.51. The number of hydrogen-bond donors (Lipinski definition) is 2. The number of anilines is 2. The molecule has 8 nitrogen and oxygen atoms in total. The third-order valence-electron chi connectivity index (χ3n) is 6.47. The first-order valence-electron chi connectivity index (χ1n) is 14.1. The summed E-state index contributed by atoms with van der Waals surface area (Å²) in [5.74, 6) is 0.0421. The second-order valence-corrected chi connectivity index (χ2v) is 9.07. The quantitative estimate of drug-likeness (QED) is 0.217. The molecule has 2 N–H and O–H groups in total. The van der Waals surface area contributed by atoms with Crippen LogP contribution in [0.5, 0.6) is 11.5 Å². The van der Waals surface area contributed by atoms with Crippen molar-refractivity contribution in [3.63, 3.8) is 0 Å². The number of hydrogen-bond acceptors (Lipinski definition) is 8. The van der Waals surface area contributed by atoms with Gasteiger partial charge in [0.2, 0.25) is 0 Å². The van der Waals surface area contributed by atoms with Gasteiger partial charge in [-0.3, -0.25) is 9.98 Å². The molecule has 0 aliphatic carbocycles. The first kappa shape index (κ1) is 31.1. The maximum atomic E-state index is 12.3. The average molecular weight is 523 g/mol. The Morgan fingerprint density at radius 3 is 1.37 bits per heavy atom. The van der Waals surface area contributed by atoms with Crippen LogP contribution in [0.4, 0.5) is 11.4 Å². The van der Waals surface area contributed by atoms with E-state index in [0.29, 0.717) is 24.2 Å². The Morgan fingerprint density at radius 1 is 0.632 bits per heavy atom. The highest BCUT2D eigenvalue weighted by Crippen LogP contribution is 2.22. The first-order chi connectivity index (χ1) is 18.5. The number of nitrogens with zero attached hydrogens (tertiary/aromatic N) is 4. The Bertz CT molecular complexity index is 907. The van der Waals surface area contributed by atoms with Crippen LogP contribution in [0.2, 0.25) is 0 Å². The molecule has 0 saturated heterocycles. The van der Waals surface area contributed by atoms with Gasteiger partial charge in [-0.2, -0.15) is 0 Å². The Labute approximate surface area is 229 Å². The molecule has 2 rings (SSSR count). The van der Waals surface area contributed by atoms with Crippen LogP contribution in [-0.4, -0.2) is 77.9 Å². The van der Waals surface area contributed by atoms with Crippen molar-refractivity contribution in [3.05, 3.63) is 47.5 Å². The van der Waals surface area contributed by atoms with E-state index < -0.39 is 0 Å². The van der Waals surface area contributed by atoms with E-state index >= 15 is 0 Å². The van der Waals surface area contributed by atoms with Crippen molar-refractivity contribution in [2.45, 2.75) is 40.5 Å². The van der Waals surface area contributed by atoms with Gasteiger partial charge >= 0.3 is 0 Å². The smallest absolute Gasteiger partial charge is 0.0401 e. The van der Waals surface area contributed by atoms with Crippen LogP contribution < -0.4 is 30.6 Å². The van der Waals surface area contributed by atoms with Gasteiger partial charge in [0.05, 0.1) is 0 Å². The van der Waals surface area contributed by atoms with E-state index in [1.54, 1.807) is 24.6 Å². The van der Waals surface area contributed by atoms with Crippen LogP contribution in [0.3, 0.4) is 0 Å². The fourth-order valence-corrected chi connectivity index (χ4v) is 4.17. The molecular weight excluding hydrogens is 476 g/mol. The van der Waals surface area contributed by atoms with E-state index in [9.17, 15) is 10.2 Å². The lowest BCUT2D eigenvalue weighted by Gasteiger charge is -2.23. The zero-order valence-corrected chi connectivity index (χ0v) is 23.7. The molecule has 0 aliphatic rings. The standard InChI is InChI=1S/C30H48N6O2/c1-5-35(6-2)27-13-11-25(29(37)21-27)23-33-17-9-15-31-19-20-32-16-10-18-34-24-26-12-14-28(22-30(26)38)36(7-3)8-4/h11-14,21-24,31-32,37-38H,5-10,15-20H2,1-4H3/p-2. The highest BCUT2D eigenvalue weighted by Gasteiger charge is 2.03. The van der Waals surface area contributed by atoms with Crippen molar-refractivity contribution in [1.82, 2.24) is 10.6 Å². The minimum Gasteiger partial charge on any atom is -0.872 e. The fraction of sp³-hybridized carbons (Fsp3) is 0.533. The molecule has 0 saturated carbocycles. The maximum absolute atomic E-state index is 12.3. The summed E-state index contributed by atoms with van der Waals surface area (Å²) in [4.78, 5) is 13.1. The monoisotopic (exact) mass is 522 g/mol. The van der Waals surface area contributed by atoms with Gasteiger partial charge in [-0.05, 0) is 89.0 Å². The molecule has 0 bridgehead atoms. The molecule has 0 unspecified atom stereocenters. The molecule has 8 heteroatoms. The van der Waals surface area contributed by atoms with Gasteiger partial charge in [0.25, 0.3) is 0 Å². The third kappa shape index (κ3) is 10.7. The maximum Gasteiger partial charge on any atom is 0.0401 e. The Morgan fingerprint density at radius 2 is 1.03 bits per heavy atom. The highest BCUT2D eigenvalue weighted by atomic mass is 16.3. The minimum atomic E-state index is 0.0210. The van der Waals surface area contributed by atoms with Crippen molar-refractivity contribution in [1.29, 1.82) is 0 Å². The third-order valence-corrected chi connectivity index (χ3v) is 6.47. The van der Waals surface area contributed by atoms with Gasteiger partial charge in [0.15, 0.2) is 0 Å². The second kappa shape index (κ2) is 18.2. The number of aliphatic imine (C=N–C) groups is 2. The summed E-state index contributed by atoms with van der Waals surface area (Å²) in [6.45, 7) is 16.8. The van der Waals surface area contributed by atoms with Gasteiger partial charge in [-0.15, -0.1) is 0 Å². The predicted molar refractivity (Wildman–Crippen MR) is 159 cm³/mol. The van der Waals surface area contributed by atoms with Crippen LogP contribution in [-0.2, 0) is 0 Å². The van der Waals surface area contributed by atoms with Crippen molar-refractivity contribution >= 4 is 23.8 Å². The molecular formula is C30H46N6O2-2. The Kier molecular flexibility index (Phi) is 14.9. The average Bonchev–Trinajstić information content (AvgIpc) is 2.92. The van der Waals surface area contributed by atoms with Crippen molar-refractivity contribution in [2.75, 3.05) is 75.2 Å². The lowest BCUT2D eigenvalue weighted by atomic mass is 10.2. The molecule has 0 amide bonds. The molecule has 0 atom stereocenters. The fourth-order valence-electron chi connectivity index (χ4n) is 4.17. The zero-order chi connectivity index (χ0) is 27.6. The predicted octanol–water partition coefficient (Wildman–Crippen LogP) is 3.02. The molecule has 0 spiro atoms. The summed E-state index contributed by atoms with van der Waals surface area (Å²) >= 11 is 0. The summed E-state index contributed by atoms with van der Waals surface area (Å²) < 4.78 is 0. The summed E-state index contributed by atoms with van der Waals surface area (Å²) in [6.07, 6.45) is 5.23. The van der Waals surface area contributed by atoms with E-state index in [1.165, 1.54) is 0 Å². The van der Waals surface area contributed by atoms with Gasteiger partial charge < -0.3 is 30.6 Å². The molecule has 0 aromatic heterocycles. The summed E-state index contributed by atoms with van der Waals surface area (Å²) in [5, 5.41) is 31.4.